The average Bonchev–Trinajstić information content (AvgIpc) is 2.64. The van der Waals surface area contributed by atoms with Crippen LogP contribution in [0.4, 0.5) is 4.79 Å². The Morgan fingerprint density at radius 2 is 2.19 bits per heavy atom. The Morgan fingerprint density at radius 1 is 1.44 bits per heavy atom. The van der Waals surface area contributed by atoms with Crippen molar-refractivity contribution < 1.29 is 13.2 Å². The number of amides is 2. The molecule has 6 nitrogen and oxygen atoms in total. The fourth-order valence-electron chi connectivity index (χ4n) is 1.44. The van der Waals surface area contributed by atoms with Gasteiger partial charge in [0.05, 0.1) is 5.75 Å². The summed E-state index contributed by atoms with van der Waals surface area (Å²) in [5.41, 5.74) is 0. The lowest BCUT2D eigenvalue weighted by Gasteiger charge is -2.14. The van der Waals surface area contributed by atoms with Crippen molar-refractivity contribution in [1.29, 1.82) is 0 Å². The fourth-order valence-corrected chi connectivity index (χ4v) is 2.18. The largest absolute Gasteiger partial charge is 0.336 e. The molecule has 0 aromatic heterocycles. The van der Waals surface area contributed by atoms with Crippen LogP contribution in [-0.4, -0.2) is 63.6 Å². The van der Waals surface area contributed by atoms with Crippen LogP contribution in [0, 0.1) is 0 Å². The first-order chi connectivity index (χ1) is 7.55. The van der Waals surface area contributed by atoms with Gasteiger partial charge in [0.15, 0.2) is 9.84 Å². The summed E-state index contributed by atoms with van der Waals surface area (Å²) in [6, 6.07) is -0.0389. The van der Waals surface area contributed by atoms with Crippen LogP contribution in [0.1, 0.15) is 6.92 Å². The summed E-state index contributed by atoms with van der Waals surface area (Å²) in [6.45, 7) is 4.77. The average molecular weight is 249 g/mol. The zero-order valence-corrected chi connectivity index (χ0v) is 10.3. The van der Waals surface area contributed by atoms with E-state index < -0.39 is 9.84 Å². The van der Waals surface area contributed by atoms with Crippen LogP contribution in [0.3, 0.4) is 0 Å². The third-order valence-electron chi connectivity index (χ3n) is 2.53. The Balaban J connectivity index is 2.06. The number of urea groups is 1. The summed E-state index contributed by atoms with van der Waals surface area (Å²) in [6.07, 6.45) is 0. The zero-order chi connectivity index (χ0) is 12.0. The van der Waals surface area contributed by atoms with Gasteiger partial charge in [-0.2, -0.15) is 0 Å². The number of rotatable bonds is 7. The van der Waals surface area contributed by atoms with E-state index in [0.717, 1.165) is 6.54 Å². The lowest BCUT2D eigenvalue weighted by Crippen LogP contribution is -2.36. The number of hydrogen-bond donors (Lipinski definition) is 2. The van der Waals surface area contributed by atoms with Crippen LogP contribution in [0.2, 0.25) is 0 Å². The molecule has 1 saturated heterocycles. The zero-order valence-electron chi connectivity index (χ0n) is 9.53. The molecule has 2 N–H and O–H groups in total. The van der Waals surface area contributed by atoms with E-state index in [2.05, 4.69) is 10.6 Å². The van der Waals surface area contributed by atoms with Gasteiger partial charge < -0.3 is 15.5 Å². The molecule has 0 unspecified atom stereocenters. The Kier molecular flexibility index (Phi) is 5.01. The van der Waals surface area contributed by atoms with E-state index in [9.17, 15) is 13.2 Å². The number of carbonyl (C=O) groups excluding carboxylic acids is 1. The molecule has 0 radical (unpaired) electrons. The summed E-state index contributed by atoms with van der Waals surface area (Å²) in [4.78, 5) is 12.8. The van der Waals surface area contributed by atoms with Gasteiger partial charge in [-0.15, -0.1) is 0 Å². The van der Waals surface area contributed by atoms with E-state index >= 15 is 0 Å². The summed E-state index contributed by atoms with van der Waals surface area (Å²) < 4.78 is 22.3. The van der Waals surface area contributed by atoms with Crippen LogP contribution in [0.15, 0.2) is 0 Å². The van der Waals surface area contributed by atoms with Crippen LogP contribution in [0.25, 0.3) is 0 Å². The maximum Gasteiger partial charge on any atom is 0.317 e. The highest BCUT2D eigenvalue weighted by Gasteiger charge is 2.18. The van der Waals surface area contributed by atoms with Gasteiger partial charge in [0, 0.05) is 38.5 Å². The minimum absolute atomic E-state index is 0.0389. The van der Waals surface area contributed by atoms with Gasteiger partial charge in [-0.25, -0.2) is 13.2 Å². The second-order valence-electron chi connectivity index (χ2n) is 3.71. The van der Waals surface area contributed by atoms with Gasteiger partial charge in [0.25, 0.3) is 0 Å². The molecule has 0 spiro atoms. The maximum atomic E-state index is 11.2. The number of nitrogens with zero attached hydrogens (tertiary/aromatic N) is 1. The highest BCUT2D eigenvalue weighted by molar-refractivity contribution is 7.91. The monoisotopic (exact) mass is 249 g/mol. The van der Waals surface area contributed by atoms with E-state index in [1.807, 2.05) is 0 Å². The predicted octanol–water partition coefficient (Wildman–Crippen LogP) is -0.964. The molecule has 1 fully saturated rings. The predicted molar refractivity (Wildman–Crippen MR) is 62.2 cm³/mol. The topological polar surface area (TPSA) is 78.5 Å². The highest BCUT2D eigenvalue weighted by atomic mass is 32.2. The molecule has 16 heavy (non-hydrogen) atoms. The van der Waals surface area contributed by atoms with Gasteiger partial charge >= 0.3 is 6.03 Å². The van der Waals surface area contributed by atoms with Gasteiger partial charge in [0.1, 0.15) is 0 Å². The standard InChI is InChI=1S/C9H19N3O3S/c1-2-16(14,15)8-5-10-3-6-12-7-4-11-9(12)13/h10H,2-8H2,1H3,(H,11,13). The van der Waals surface area contributed by atoms with Crippen LogP contribution in [-0.2, 0) is 9.84 Å². The Morgan fingerprint density at radius 3 is 2.75 bits per heavy atom. The summed E-state index contributed by atoms with van der Waals surface area (Å²) in [5.74, 6) is 0.346. The molecular weight excluding hydrogens is 230 g/mol. The molecule has 0 aromatic rings. The van der Waals surface area contributed by atoms with Crippen molar-refractivity contribution in [2.75, 3.05) is 44.2 Å². The first-order valence-electron chi connectivity index (χ1n) is 5.49. The van der Waals surface area contributed by atoms with Crippen molar-refractivity contribution in [2.24, 2.45) is 0 Å². The molecule has 1 rings (SSSR count). The second kappa shape index (κ2) is 6.05. The minimum atomic E-state index is -2.89. The number of carbonyl (C=O) groups is 1. The van der Waals surface area contributed by atoms with Crippen molar-refractivity contribution in [2.45, 2.75) is 6.92 Å². The minimum Gasteiger partial charge on any atom is -0.336 e. The summed E-state index contributed by atoms with van der Waals surface area (Å²) in [7, 11) is -2.89. The molecule has 0 aromatic carbocycles. The molecule has 94 valence electrons. The summed E-state index contributed by atoms with van der Waals surface area (Å²) in [5, 5.41) is 5.73. The highest BCUT2D eigenvalue weighted by Crippen LogP contribution is 1.94. The number of hydrogen-bond acceptors (Lipinski definition) is 4. The van der Waals surface area contributed by atoms with Gasteiger partial charge in [-0.05, 0) is 0 Å². The van der Waals surface area contributed by atoms with E-state index in [0.29, 0.717) is 26.2 Å². The molecule has 0 aliphatic carbocycles. The van der Waals surface area contributed by atoms with Crippen LogP contribution < -0.4 is 10.6 Å². The van der Waals surface area contributed by atoms with Crippen molar-refractivity contribution in [3.05, 3.63) is 0 Å². The molecule has 0 atom stereocenters. The van der Waals surface area contributed by atoms with Crippen molar-refractivity contribution in [3.63, 3.8) is 0 Å². The first-order valence-corrected chi connectivity index (χ1v) is 7.31. The Bertz CT molecular complexity index is 329. The van der Waals surface area contributed by atoms with Crippen molar-refractivity contribution in [1.82, 2.24) is 15.5 Å². The molecule has 2 amide bonds. The molecule has 7 heteroatoms. The fraction of sp³-hybridized carbons (Fsp3) is 0.889. The lowest BCUT2D eigenvalue weighted by atomic mass is 10.5. The SMILES string of the molecule is CCS(=O)(=O)CCNCCN1CCNC1=O. The van der Waals surface area contributed by atoms with Crippen LogP contribution in [0.5, 0.6) is 0 Å². The van der Waals surface area contributed by atoms with E-state index in [4.69, 9.17) is 0 Å². The molecular formula is C9H19N3O3S. The number of nitrogens with one attached hydrogen (secondary N) is 2. The molecule has 0 bridgehead atoms. The second-order valence-corrected chi connectivity index (χ2v) is 6.18. The molecule has 1 heterocycles. The maximum absolute atomic E-state index is 11.2. The smallest absolute Gasteiger partial charge is 0.317 e. The molecule has 1 aliphatic rings. The third kappa shape index (κ3) is 4.36. The van der Waals surface area contributed by atoms with Crippen molar-refractivity contribution in [3.8, 4) is 0 Å². The lowest BCUT2D eigenvalue weighted by molar-refractivity contribution is 0.217. The quantitative estimate of drug-likeness (QED) is 0.569. The number of sulfone groups is 1. The Hall–Kier alpha value is -0.820. The van der Waals surface area contributed by atoms with Gasteiger partial charge in [-0.1, -0.05) is 6.92 Å². The van der Waals surface area contributed by atoms with Gasteiger partial charge in [0.2, 0.25) is 0 Å². The first kappa shape index (κ1) is 13.2. The van der Waals surface area contributed by atoms with Crippen LogP contribution >= 0.6 is 0 Å². The normalized spacial score (nSPS) is 16.6. The van der Waals surface area contributed by atoms with Gasteiger partial charge in [-0.3, -0.25) is 0 Å². The third-order valence-corrected chi connectivity index (χ3v) is 4.24. The molecule has 1 aliphatic heterocycles. The summed E-state index contributed by atoms with van der Waals surface area (Å²) >= 11 is 0. The van der Waals surface area contributed by atoms with E-state index in [1.165, 1.54) is 0 Å². The Labute approximate surface area is 96.3 Å². The van der Waals surface area contributed by atoms with E-state index in [-0.39, 0.29) is 17.5 Å². The molecule has 0 saturated carbocycles. The van der Waals surface area contributed by atoms with E-state index in [1.54, 1.807) is 11.8 Å². The van der Waals surface area contributed by atoms with Crippen molar-refractivity contribution >= 4 is 15.9 Å².